The van der Waals surface area contributed by atoms with Gasteiger partial charge >= 0.3 is 5.97 Å². The summed E-state index contributed by atoms with van der Waals surface area (Å²) >= 11 is 3.92. The van der Waals surface area contributed by atoms with Gasteiger partial charge in [-0.25, -0.2) is 4.79 Å². The fourth-order valence-electron chi connectivity index (χ4n) is 1.16. The second kappa shape index (κ2) is 4.45. The van der Waals surface area contributed by atoms with Crippen molar-refractivity contribution < 1.29 is 24.9 Å². The Balaban J connectivity index is 2.52. The van der Waals surface area contributed by atoms with Gasteiger partial charge in [0.1, 0.15) is 0 Å². The largest absolute Gasteiger partial charge is 0.427 e. The van der Waals surface area contributed by atoms with E-state index in [0.717, 1.165) is 0 Å². The molecule has 0 radical (unpaired) electrons. The van der Waals surface area contributed by atoms with Crippen LogP contribution in [0.25, 0.3) is 0 Å². The first kappa shape index (κ1) is 11.7. The molecule has 82 valence electrons. The molecule has 1 heterocycles. The number of aliphatic hydroxyl groups is 3. The Morgan fingerprint density at radius 2 is 2.21 bits per heavy atom. The lowest BCUT2D eigenvalue weighted by Crippen LogP contribution is -2.50. The molecule has 0 amide bonds. The molecule has 0 spiro atoms. The third-order valence-corrected chi connectivity index (χ3v) is 2.17. The standard InChI is InChI=1S/C7H13NO5S/c9-4-5(10)7(12,13-6(4)11)3-8-1-2-14/h4-5,8-10,12,14H,1-3H2. The summed E-state index contributed by atoms with van der Waals surface area (Å²) in [6, 6.07) is 0. The van der Waals surface area contributed by atoms with Crippen LogP contribution in [0, 0.1) is 0 Å². The number of hydrogen-bond donors (Lipinski definition) is 5. The third kappa shape index (κ3) is 2.18. The van der Waals surface area contributed by atoms with Crippen LogP contribution < -0.4 is 5.32 Å². The minimum absolute atomic E-state index is 0.141. The Morgan fingerprint density at radius 1 is 1.57 bits per heavy atom. The van der Waals surface area contributed by atoms with Crippen LogP contribution in [0.4, 0.5) is 0 Å². The Hall–Kier alpha value is -0.340. The summed E-state index contributed by atoms with van der Waals surface area (Å²) in [5.41, 5.74) is 0. The first-order chi connectivity index (χ1) is 6.51. The smallest absolute Gasteiger partial charge is 0.340 e. The molecular weight excluding hydrogens is 210 g/mol. The fourth-order valence-corrected chi connectivity index (χ4v) is 1.32. The van der Waals surface area contributed by atoms with Crippen LogP contribution in [-0.2, 0) is 9.53 Å². The molecule has 1 rings (SSSR count). The topological polar surface area (TPSA) is 99.0 Å². The van der Waals surface area contributed by atoms with E-state index in [2.05, 4.69) is 22.7 Å². The molecule has 3 atom stereocenters. The molecule has 0 saturated carbocycles. The van der Waals surface area contributed by atoms with Crippen molar-refractivity contribution in [1.29, 1.82) is 0 Å². The summed E-state index contributed by atoms with van der Waals surface area (Å²) in [7, 11) is 0. The number of cyclic esters (lactones) is 1. The average Bonchev–Trinajstić information content (AvgIpc) is 2.32. The Labute approximate surface area is 86.3 Å². The van der Waals surface area contributed by atoms with Crippen molar-refractivity contribution in [3.8, 4) is 0 Å². The molecule has 0 aromatic carbocycles. The van der Waals surface area contributed by atoms with Gasteiger partial charge in [0.25, 0.3) is 5.79 Å². The lowest BCUT2D eigenvalue weighted by atomic mass is 10.1. The zero-order valence-electron chi connectivity index (χ0n) is 7.38. The third-order valence-electron chi connectivity index (χ3n) is 1.95. The first-order valence-electron chi connectivity index (χ1n) is 4.14. The lowest BCUT2D eigenvalue weighted by molar-refractivity contribution is -0.212. The highest BCUT2D eigenvalue weighted by atomic mass is 32.1. The van der Waals surface area contributed by atoms with Crippen LogP contribution in [0.2, 0.25) is 0 Å². The van der Waals surface area contributed by atoms with Gasteiger partial charge in [-0.2, -0.15) is 12.6 Å². The van der Waals surface area contributed by atoms with Gasteiger partial charge in [0.15, 0.2) is 12.2 Å². The van der Waals surface area contributed by atoms with Crippen molar-refractivity contribution in [2.75, 3.05) is 18.8 Å². The Bertz CT molecular complexity index is 226. The van der Waals surface area contributed by atoms with Gasteiger partial charge in [-0.05, 0) is 0 Å². The van der Waals surface area contributed by atoms with Gasteiger partial charge < -0.3 is 25.4 Å². The maximum Gasteiger partial charge on any atom is 0.340 e. The summed E-state index contributed by atoms with van der Waals surface area (Å²) in [5.74, 6) is -2.52. The molecule has 7 heteroatoms. The van der Waals surface area contributed by atoms with Crippen LogP contribution >= 0.6 is 12.6 Å². The predicted molar refractivity (Wildman–Crippen MR) is 49.8 cm³/mol. The molecule has 0 aliphatic carbocycles. The van der Waals surface area contributed by atoms with E-state index in [0.29, 0.717) is 12.3 Å². The van der Waals surface area contributed by atoms with Crippen molar-refractivity contribution in [2.24, 2.45) is 0 Å². The average molecular weight is 223 g/mol. The minimum atomic E-state index is -2.04. The number of aliphatic hydroxyl groups excluding tert-OH is 2. The van der Waals surface area contributed by atoms with Crippen molar-refractivity contribution >= 4 is 18.6 Å². The molecule has 14 heavy (non-hydrogen) atoms. The number of esters is 1. The summed E-state index contributed by atoms with van der Waals surface area (Å²) in [6.45, 7) is 0.351. The monoisotopic (exact) mass is 223 g/mol. The maximum absolute atomic E-state index is 10.8. The molecule has 1 aliphatic rings. The normalized spacial score (nSPS) is 37.3. The molecule has 0 aromatic heterocycles. The summed E-state index contributed by atoms with van der Waals surface area (Å²) in [4.78, 5) is 10.8. The summed E-state index contributed by atoms with van der Waals surface area (Å²) in [6.07, 6.45) is -3.31. The van der Waals surface area contributed by atoms with E-state index in [-0.39, 0.29) is 6.54 Å². The fraction of sp³-hybridized carbons (Fsp3) is 0.857. The van der Waals surface area contributed by atoms with E-state index < -0.39 is 24.0 Å². The molecule has 6 nitrogen and oxygen atoms in total. The quantitative estimate of drug-likeness (QED) is 0.205. The van der Waals surface area contributed by atoms with E-state index in [1.54, 1.807) is 0 Å². The van der Waals surface area contributed by atoms with Crippen molar-refractivity contribution in [1.82, 2.24) is 5.32 Å². The van der Waals surface area contributed by atoms with Crippen LogP contribution in [0.1, 0.15) is 0 Å². The van der Waals surface area contributed by atoms with E-state index in [1.165, 1.54) is 0 Å². The Kier molecular flexibility index (Phi) is 3.73. The van der Waals surface area contributed by atoms with Crippen LogP contribution in [0.5, 0.6) is 0 Å². The Morgan fingerprint density at radius 3 is 2.64 bits per heavy atom. The predicted octanol–water partition coefficient (Wildman–Crippen LogP) is -2.53. The lowest BCUT2D eigenvalue weighted by Gasteiger charge is -2.24. The maximum atomic E-state index is 10.8. The summed E-state index contributed by atoms with van der Waals surface area (Å²) < 4.78 is 4.45. The van der Waals surface area contributed by atoms with E-state index in [1.807, 2.05) is 0 Å². The number of rotatable bonds is 4. The molecular formula is C7H13NO5S. The number of carbonyl (C=O) groups excluding carboxylic acids is 1. The zero-order chi connectivity index (χ0) is 10.8. The zero-order valence-corrected chi connectivity index (χ0v) is 8.28. The highest BCUT2D eigenvalue weighted by Gasteiger charge is 2.53. The highest BCUT2D eigenvalue weighted by Crippen LogP contribution is 2.24. The highest BCUT2D eigenvalue weighted by molar-refractivity contribution is 7.80. The molecule has 0 aromatic rings. The van der Waals surface area contributed by atoms with Crippen LogP contribution in [0.3, 0.4) is 0 Å². The van der Waals surface area contributed by atoms with Crippen molar-refractivity contribution in [3.05, 3.63) is 0 Å². The second-order valence-corrected chi connectivity index (χ2v) is 3.50. The molecule has 1 fully saturated rings. The second-order valence-electron chi connectivity index (χ2n) is 3.06. The van der Waals surface area contributed by atoms with Gasteiger partial charge in [0.05, 0.1) is 6.54 Å². The SMILES string of the molecule is O=C1OC(O)(CNCCS)C(O)C1O. The summed E-state index contributed by atoms with van der Waals surface area (Å²) in [5, 5.41) is 30.6. The van der Waals surface area contributed by atoms with Gasteiger partial charge in [0, 0.05) is 12.3 Å². The van der Waals surface area contributed by atoms with E-state index in [4.69, 9.17) is 5.11 Å². The number of hydrogen-bond acceptors (Lipinski definition) is 7. The first-order valence-corrected chi connectivity index (χ1v) is 4.77. The van der Waals surface area contributed by atoms with Crippen LogP contribution in [0.15, 0.2) is 0 Å². The number of thiol groups is 1. The number of ether oxygens (including phenoxy) is 1. The van der Waals surface area contributed by atoms with Gasteiger partial charge in [-0.15, -0.1) is 0 Å². The van der Waals surface area contributed by atoms with Crippen molar-refractivity contribution in [2.45, 2.75) is 18.0 Å². The molecule has 1 saturated heterocycles. The van der Waals surface area contributed by atoms with Gasteiger partial charge in [-0.1, -0.05) is 0 Å². The van der Waals surface area contributed by atoms with Crippen LogP contribution in [-0.4, -0.2) is 58.1 Å². The van der Waals surface area contributed by atoms with E-state index in [9.17, 15) is 15.0 Å². The minimum Gasteiger partial charge on any atom is -0.427 e. The van der Waals surface area contributed by atoms with Gasteiger partial charge in [-0.3, -0.25) is 0 Å². The molecule has 4 N–H and O–H groups in total. The number of carbonyl (C=O) groups is 1. The number of nitrogens with one attached hydrogen (secondary N) is 1. The van der Waals surface area contributed by atoms with E-state index >= 15 is 0 Å². The van der Waals surface area contributed by atoms with Gasteiger partial charge in [0.2, 0.25) is 0 Å². The molecule has 3 unspecified atom stereocenters. The van der Waals surface area contributed by atoms with Crippen molar-refractivity contribution in [3.63, 3.8) is 0 Å². The molecule has 0 bridgehead atoms. The molecule has 1 aliphatic heterocycles.